The third-order valence-electron chi connectivity index (χ3n) is 3.24. The van der Waals surface area contributed by atoms with E-state index in [4.69, 9.17) is 40.4 Å². The lowest BCUT2D eigenvalue weighted by molar-refractivity contribution is 0.697. The lowest BCUT2D eigenvalue weighted by Crippen LogP contribution is -2.27. The number of benzene rings is 2. The van der Waals surface area contributed by atoms with Crippen LogP contribution in [0.25, 0.3) is 0 Å². The first-order chi connectivity index (χ1) is 11.5. The Labute approximate surface area is 151 Å². The van der Waals surface area contributed by atoms with Crippen LogP contribution in [0, 0.1) is 0 Å². The van der Waals surface area contributed by atoms with E-state index in [9.17, 15) is 0 Å². The summed E-state index contributed by atoms with van der Waals surface area (Å²) in [5.74, 6) is 0. The van der Waals surface area contributed by atoms with Crippen LogP contribution in [-0.2, 0) is 0 Å². The van der Waals surface area contributed by atoms with Gasteiger partial charge in [-0.15, -0.1) is 0 Å². The largest absolute Gasteiger partial charge is 0.398 e. The SMILES string of the molecule is Nc1cc(Cl)ccc1C=NCC(N)CN=Cc1ccc(Cl)cc1N. The summed E-state index contributed by atoms with van der Waals surface area (Å²) < 4.78 is 0. The van der Waals surface area contributed by atoms with Gasteiger partial charge in [0.25, 0.3) is 0 Å². The average Bonchev–Trinajstić information content (AvgIpc) is 2.51. The van der Waals surface area contributed by atoms with Crippen LogP contribution in [0.4, 0.5) is 11.4 Å². The van der Waals surface area contributed by atoms with Crippen molar-refractivity contribution < 1.29 is 0 Å². The zero-order valence-corrected chi connectivity index (χ0v) is 14.5. The Morgan fingerprint density at radius 1 is 0.833 bits per heavy atom. The van der Waals surface area contributed by atoms with E-state index in [1.54, 1.807) is 36.7 Å². The van der Waals surface area contributed by atoms with E-state index in [2.05, 4.69) is 9.98 Å². The van der Waals surface area contributed by atoms with Crippen molar-refractivity contribution in [2.75, 3.05) is 24.6 Å². The van der Waals surface area contributed by atoms with Crippen LogP contribution in [0.2, 0.25) is 10.0 Å². The van der Waals surface area contributed by atoms with Gasteiger partial charge in [0.15, 0.2) is 0 Å². The minimum atomic E-state index is -0.195. The second-order valence-corrected chi connectivity index (χ2v) is 6.17. The zero-order valence-electron chi connectivity index (χ0n) is 13.0. The van der Waals surface area contributed by atoms with Crippen molar-refractivity contribution >= 4 is 47.0 Å². The highest BCUT2D eigenvalue weighted by atomic mass is 35.5. The summed E-state index contributed by atoms with van der Waals surface area (Å²) in [4.78, 5) is 8.60. The van der Waals surface area contributed by atoms with Crippen LogP contribution in [-0.4, -0.2) is 31.6 Å². The molecule has 0 saturated carbocycles. The van der Waals surface area contributed by atoms with E-state index in [1.165, 1.54) is 0 Å². The minimum absolute atomic E-state index is 0.195. The second-order valence-electron chi connectivity index (χ2n) is 5.30. The molecule has 0 spiro atoms. The average molecular weight is 364 g/mol. The summed E-state index contributed by atoms with van der Waals surface area (Å²) in [6.45, 7) is 0.880. The number of rotatable bonds is 6. The normalized spacial score (nSPS) is 13.0. The number of nitrogens with zero attached hydrogens (tertiary/aromatic N) is 2. The molecule has 0 fully saturated rings. The minimum Gasteiger partial charge on any atom is -0.398 e. The lowest BCUT2D eigenvalue weighted by atomic mass is 10.2. The van der Waals surface area contributed by atoms with Gasteiger partial charge in [-0.2, -0.15) is 0 Å². The molecule has 0 radical (unpaired) electrons. The summed E-state index contributed by atoms with van der Waals surface area (Å²) in [5, 5.41) is 1.19. The molecule has 24 heavy (non-hydrogen) atoms. The Hall–Kier alpha value is -2.08. The van der Waals surface area contributed by atoms with Crippen LogP contribution in [0.15, 0.2) is 46.4 Å². The highest BCUT2D eigenvalue weighted by Gasteiger charge is 2.01. The number of nitrogens with two attached hydrogens (primary N) is 3. The van der Waals surface area contributed by atoms with Gasteiger partial charge in [0.1, 0.15) is 0 Å². The van der Waals surface area contributed by atoms with E-state index in [0.717, 1.165) is 11.1 Å². The van der Waals surface area contributed by atoms with Gasteiger partial charge < -0.3 is 17.2 Å². The van der Waals surface area contributed by atoms with Gasteiger partial charge in [-0.25, -0.2) is 0 Å². The predicted octanol–water partition coefficient (Wildman–Crippen LogP) is 3.02. The summed E-state index contributed by atoms with van der Waals surface area (Å²) >= 11 is 11.7. The first kappa shape index (κ1) is 18.3. The molecule has 0 atom stereocenters. The molecule has 0 aliphatic heterocycles. The molecule has 0 saturated heterocycles. The maximum atomic E-state index is 5.99. The molecule has 7 heteroatoms. The Morgan fingerprint density at radius 2 is 1.25 bits per heavy atom. The highest BCUT2D eigenvalue weighted by Crippen LogP contribution is 2.17. The van der Waals surface area contributed by atoms with Crippen molar-refractivity contribution in [3.63, 3.8) is 0 Å². The number of anilines is 2. The molecule has 0 aromatic heterocycles. The van der Waals surface area contributed by atoms with E-state index < -0.39 is 0 Å². The Kier molecular flexibility index (Phi) is 6.61. The molecular formula is C17H19Cl2N5. The standard InChI is InChI=1S/C17H19Cl2N5/c18-13-3-1-11(16(21)5-13)7-23-9-15(20)10-24-8-12-2-4-14(19)6-17(12)22/h1-8,15H,9-10,20-22H2. The van der Waals surface area contributed by atoms with E-state index in [0.29, 0.717) is 34.5 Å². The molecule has 0 aliphatic carbocycles. The second kappa shape index (κ2) is 8.68. The van der Waals surface area contributed by atoms with Gasteiger partial charge in [0.2, 0.25) is 0 Å². The van der Waals surface area contributed by atoms with Crippen LogP contribution in [0.5, 0.6) is 0 Å². The topological polar surface area (TPSA) is 103 Å². The molecule has 6 N–H and O–H groups in total. The fourth-order valence-corrected chi connectivity index (χ4v) is 2.32. The fourth-order valence-electron chi connectivity index (χ4n) is 1.96. The maximum Gasteiger partial charge on any atom is 0.0559 e. The maximum absolute atomic E-state index is 5.99. The number of hydrogen-bond donors (Lipinski definition) is 3. The van der Waals surface area contributed by atoms with Crippen molar-refractivity contribution in [3.8, 4) is 0 Å². The quantitative estimate of drug-likeness (QED) is 0.542. The Bertz CT molecular complexity index is 695. The molecule has 2 aromatic carbocycles. The van der Waals surface area contributed by atoms with Gasteiger partial charge in [0.05, 0.1) is 13.1 Å². The molecule has 2 rings (SSSR count). The van der Waals surface area contributed by atoms with E-state index >= 15 is 0 Å². The van der Waals surface area contributed by atoms with Crippen molar-refractivity contribution in [3.05, 3.63) is 57.6 Å². The molecule has 0 heterocycles. The lowest BCUT2D eigenvalue weighted by Gasteiger charge is -2.05. The summed E-state index contributed by atoms with van der Waals surface area (Å²) in [7, 11) is 0. The number of hydrogen-bond acceptors (Lipinski definition) is 5. The number of aliphatic imine (C=N–C) groups is 2. The van der Waals surface area contributed by atoms with Crippen LogP contribution < -0.4 is 17.2 Å². The highest BCUT2D eigenvalue weighted by molar-refractivity contribution is 6.31. The molecule has 0 amide bonds. The molecule has 126 valence electrons. The zero-order chi connectivity index (χ0) is 17.5. The van der Waals surface area contributed by atoms with Crippen molar-refractivity contribution in [2.45, 2.75) is 6.04 Å². The first-order valence-electron chi connectivity index (χ1n) is 7.31. The van der Waals surface area contributed by atoms with Crippen LogP contribution >= 0.6 is 23.2 Å². The van der Waals surface area contributed by atoms with E-state index in [1.807, 2.05) is 12.1 Å². The molecule has 0 aliphatic rings. The molecular weight excluding hydrogens is 345 g/mol. The third kappa shape index (κ3) is 5.53. The molecule has 0 unspecified atom stereocenters. The van der Waals surface area contributed by atoms with Gasteiger partial charge in [-0.05, 0) is 36.4 Å². The van der Waals surface area contributed by atoms with Gasteiger partial charge in [0, 0.05) is 51.0 Å². The Balaban J connectivity index is 1.85. The van der Waals surface area contributed by atoms with Crippen LogP contribution in [0.3, 0.4) is 0 Å². The summed E-state index contributed by atoms with van der Waals surface area (Å²) in [6, 6.07) is 10.3. The van der Waals surface area contributed by atoms with Crippen LogP contribution in [0.1, 0.15) is 11.1 Å². The summed E-state index contributed by atoms with van der Waals surface area (Å²) in [5.41, 5.74) is 20.5. The molecule has 5 nitrogen and oxygen atoms in total. The smallest absolute Gasteiger partial charge is 0.0559 e. The molecule has 2 aromatic rings. The third-order valence-corrected chi connectivity index (χ3v) is 3.71. The molecule has 0 bridgehead atoms. The van der Waals surface area contributed by atoms with Crippen molar-refractivity contribution in [2.24, 2.45) is 15.7 Å². The van der Waals surface area contributed by atoms with Crippen molar-refractivity contribution in [1.82, 2.24) is 0 Å². The Morgan fingerprint density at radius 3 is 1.62 bits per heavy atom. The predicted molar refractivity (Wildman–Crippen MR) is 105 cm³/mol. The number of nitrogen functional groups attached to an aromatic ring is 2. The van der Waals surface area contributed by atoms with Gasteiger partial charge in [-0.3, -0.25) is 9.98 Å². The monoisotopic (exact) mass is 363 g/mol. The summed E-state index contributed by atoms with van der Waals surface area (Å²) in [6.07, 6.45) is 3.37. The van der Waals surface area contributed by atoms with E-state index in [-0.39, 0.29) is 6.04 Å². The van der Waals surface area contributed by atoms with Crippen molar-refractivity contribution in [1.29, 1.82) is 0 Å². The first-order valence-corrected chi connectivity index (χ1v) is 8.06. The van der Waals surface area contributed by atoms with Gasteiger partial charge >= 0.3 is 0 Å². The fraction of sp³-hybridized carbons (Fsp3) is 0.176. The van der Waals surface area contributed by atoms with Gasteiger partial charge in [-0.1, -0.05) is 23.2 Å². The number of halogens is 2.